The van der Waals surface area contributed by atoms with Crippen LogP contribution in [0.25, 0.3) is 0 Å². The lowest BCUT2D eigenvalue weighted by Crippen LogP contribution is -2.60. The van der Waals surface area contributed by atoms with Gasteiger partial charge >= 0.3 is 0 Å². The summed E-state index contributed by atoms with van der Waals surface area (Å²) in [7, 11) is 0. The zero-order valence-electron chi connectivity index (χ0n) is 17.8. The summed E-state index contributed by atoms with van der Waals surface area (Å²) in [6.45, 7) is 0.554. The Bertz CT molecular complexity index is 1410. The van der Waals surface area contributed by atoms with Crippen molar-refractivity contribution in [3.63, 3.8) is 0 Å². The molecule has 0 radical (unpaired) electrons. The molecule has 174 valence electrons. The van der Waals surface area contributed by atoms with E-state index in [9.17, 15) is 23.5 Å². The summed E-state index contributed by atoms with van der Waals surface area (Å²) >= 11 is 1.20. The van der Waals surface area contributed by atoms with E-state index in [-0.39, 0.29) is 18.8 Å². The number of fused-ring (bicyclic) bond motifs is 4. The Morgan fingerprint density at radius 2 is 1.97 bits per heavy atom. The summed E-state index contributed by atoms with van der Waals surface area (Å²) in [6.07, 6.45) is 1.40. The van der Waals surface area contributed by atoms with E-state index >= 15 is 0 Å². The Labute approximate surface area is 196 Å². The van der Waals surface area contributed by atoms with Gasteiger partial charge in [0.1, 0.15) is 12.3 Å². The molecule has 2 N–H and O–H groups in total. The number of hydrogen-bond donors (Lipinski definition) is 2. The van der Waals surface area contributed by atoms with Crippen molar-refractivity contribution in [2.24, 2.45) is 0 Å². The number of hydrogen-bond acceptors (Lipinski definition) is 6. The van der Waals surface area contributed by atoms with Gasteiger partial charge in [0, 0.05) is 23.7 Å². The lowest BCUT2D eigenvalue weighted by atomic mass is 9.94. The molecular weight excluding hydrogens is 464 g/mol. The molecule has 2 aromatic carbocycles. The van der Waals surface area contributed by atoms with E-state index < -0.39 is 41.0 Å². The van der Waals surface area contributed by atoms with Crippen molar-refractivity contribution in [2.75, 3.05) is 18.6 Å². The van der Waals surface area contributed by atoms with Crippen LogP contribution in [0.1, 0.15) is 33.3 Å². The first-order valence-corrected chi connectivity index (χ1v) is 11.7. The van der Waals surface area contributed by atoms with Crippen LogP contribution in [0, 0.1) is 11.6 Å². The maximum Gasteiger partial charge on any atom is 0.278 e. The van der Waals surface area contributed by atoms with Crippen LogP contribution in [0.15, 0.2) is 57.2 Å². The number of aromatic hydroxyl groups is 1. The lowest BCUT2D eigenvalue weighted by molar-refractivity contribution is -0.0605. The smallest absolute Gasteiger partial charge is 0.278 e. The number of carbonyl (C=O) groups is 1. The van der Waals surface area contributed by atoms with Crippen LogP contribution in [0.4, 0.5) is 8.78 Å². The molecule has 6 rings (SSSR count). The first-order chi connectivity index (χ1) is 16.4. The van der Waals surface area contributed by atoms with Crippen LogP contribution in [-0.2, 0) is 17.6 Å². The Morgan fingerprint density at radius 3 is 2.82 bits per heavy atom. The van der Waals surface area contributed by atoms with Crippen LogP contribution >= 0.6 is 11.8 Å². The molecule has 0 aliphatic carbocycles. The van der Waals surface area contributed by atoms with Crippen LogP contribution in [0.5, 0.6) is 5.75 Å². The monoisotopic (exact) mass is 483 g/mol. The molecule has 0 unspecified atom stereocenters. The largest absolute Gasteiger partial charge is 0.502 e. The number of halogens is 2. The third kappa shape index (κ3) is 3.13. The zero-order chi connectivity index (χ0) is 23.6. The highest BCUT2D eigenvalue weighted by molar-refractivity contribution is 7.99. The Balaban J connectivity index is 1.41. The predicted octanol–water partition coefficient (Wildman–Crippen LogP) is 3.18. The fourth-order valence-corrected chi connectivity index (χ4v) is 6.07. The number of morpholine rings is 1. The molecule has 7 nitrogen and oxygen atoms in total. The zero-order valence-corrected chi connectivity index (χ0v) is 18.6. The van der Waals surface area contributed by atoms with Gasteiger partial charge in [0.15, 0.2) is 23.1 Å². The molecule has 34 heavy (non-hydrogen) atoms. The summed E-state index contributed by atoms with van der Waals surface area (Å²) in [5.41, 5.74) is 5.00. The van der Waals surface area contributed by atoms with Gasteiger partial charge in [-0.3, -0.25) is 14.3 Å². The summed E-state index contributed by atoms with van der Waals surface area (Å²) in [5.74, 6) is -2.78. The Morgan fingerprint density at radius 1 is 1.12 bits per heavy atom. The highest BCUT2D eigenvalue weighted by Gasteiger charge is 2.43. The predicted molar refractivity (Wildman–Crippen MR) is 120 cm³/mol. The van der Waals surface area contributed by atoms with E-state index in [1.54, 1.807) is 11.0 Å². The highest BCUT2D eigenvalue weighted by Crippen LogP contribution is 2.43. The van der Waals surface area contributed by atoms with Crippen molar-refractivity contribution in [1.29, 1.82) is 0 Å². The van der Waals surface area contributed by atoms with E-state index in [0.717, 1.165) is 27.7 Å². The maximum absolute atomic E-state index is 14.6. The SMILES string of the molecule is O=C1c2c(O)c(=O)ccn2N[C@@H]2[C@H](c3cccc4c3CCc3ccc(F)c(F)c3S4)OCCN12. The number of aromatic nitrogens is 1. The first-order valence-electron chi connectivity index (χ1n) is 10.8. The molecule has 2 atom stereocenters. The third-order valence-corrected chi connectivity index (χ3v) is 7.77. The number of nitrogens with zero attached hydrogens (tertiary/aromatic N) is 2. The lowest BCUT2D eigenvalue weighted by Gasteiger charge is -2.46. The van der Waals surface area contributed by atoms with E-state index in [4.69, 9.17) is 4.74 Å². The Hall–Kier alpha value is -3.37. The van der Waals surface area contributed by atoms with Crippen molar-refractivity contribution < 1.29 is 23.4 Å². The molecule has 0 bridgehead atoms. The fraction of sp³-hybridized carbons (Fsp3) is 0.250. The van der Waals surface area contributed by atoms with E-state index in [0.29, 0.717) is 17.7 Å². The molecule has 3 aromatic rings. The first kappa shape index (κ1) is 21.2. The molecule has 3 aliphatic rings. The van der Waals surface area contributed by atoms with Gasteiger partial charge in [-0.25, -0.2) is 8.78 Å². The minimum Gasteiger partial charge on any atom is -0.502 e. The quantitative estimate of drug-likeness (QED) is 0.553. The number of carbonyl (C=O) groups excluding carboxylic acids is 1. The number of aryl methyl sites for hydroxylation is 1. The van der Waals surface area contributed by atoms with Gasteiger partial charge in [-0.05, 0) is 41.7 Å². The molecule has 10 heteroatoms. The van der Waals surface area contributed by atoms with Crippen LogP contribution in [0.2, 0.25) is 0 Å². The summed E-state index contributed by atoms with van der Waals surface area (Å²) < 4.78 is 35.9. The molecule has 1 amide bonds. The molecule has 1 fully saturated rings. The second kappa shape index (κ2) is 7.85. The van der Waals surface area contributed by atoms with E-state index in [1.165, 1.54) is 28.7 Å². The second-order valence-corrected chi connectivity index (χ2v) is 9.44. The van der Waals surface area contributed by atoms with Crippen LogP contribution in [-0.4, -0.2) is 39.9 Å². The molecule has 0 saturated carbocycles. The molecular formula is C24H19F2N3O4S. The third-order valence-electron chi connectivity index (χ3n) is 6.52. The minimum atomic E-state index is -0.873. The number of pyridine rings is 1. The number of nitrogens with one attached hydrogen (secondary N) is 1. The molecule has 4 heterocycles. The molecule has 1 aromatic heterocycles. The summed E-state index contributed by atoms with van der Waals surface area (Å²) in [4.78, 5) is 27.7. The Kier molecular flexibility index (Phi) is 4.89. The van der Waals surface area contributed by atoms with Crippen molar-refractivity contribution in [1.82, 2.24) is 9.58 Å². The van der Waals surface area contributed by atoms with Crippen molar-refractivity contribution in [3.8, 4) is 5.75 Å². The van der Waals surface area contributed by atoms with E-state index in [1.807, 2.05) is 18.2 Å². The molecule has 0 spiro atoms. The van der Waals surface area contributed by atoms with Gasteiger partial charge in [0.2, 0.25) is 5.43 Å². The number of ether oxygens (including phenoxy) is 1. The van der Waals surface area contributed by atoms with Gasteiger partial charge in [0.05, 0.1) is 11.5 Å². The van der Waals surface area contributed by atoms with Gasteiger partial charge in [0.25, 0.3) is 5.91 Å². The van der Waals surface area contributed by atoms with Crippen LogP contribution in [0.3, 0.4) is 0 Å². The van der Waals surface area contributed by atoms with Gasteiger partial charge < -0.3 is 20.2 Å². The number of amides is 1. The average Bonchev–Trinajstić information content (AvgIpc) is 3.03. The normalized spacial score (nSPS) is 21.0. The van der Waals surface area contributed by atoms with Crippen LogP contribution < -0.4 is 10.9 Å². The standard InChI is InChI=1S/C24H19F2N3O4S/c25-15-7-5-12-4-6-13-14(2-1-3-17(13)34-22(12)18(15)26)21-23-27-29-9-8-16(30)20(31)19(29)24(32)28(23)10-11-33-21/h1-3,5,7-9,21,23,27,31H,4,6,10-11H2/t21-,23-/m0/s1. The summed E-state index contributed by atoms with van der Waals surface area (Å²) in [6, 6.07) is 9.60. The summed E-state index contributed by atoms with van der Waals surface area (Å²) in [5, 5.41) is 10.2. The van der Waals surface area contributed by atoms with Crippen molar-refractivity contribution in [3.05, 3.63) is 86.8 Å². The van der Waals surface area contributed by atoms with E-state index in [2.05, 4.69) is 5.43 Å². The van der Waals surface area contributed by atoms with Crippen molar-refractivity contribution in [2.45, 2.75) is 34.9 Å². The highest BCUT2D eigenvalue weighted by atomic mass is 32.2. The van der Waals surface area contributed by atoms with Gasteiger partial charge in [-0.15, -0.1) is 0 Å². The van der Waals surface area contributed by atoms with Gasteiger partial charge in [-0.2, -0.15) is 0 Å². The number of benzene rings is 2. The molecule has 1 saturated heterocycles. The van der Waals surface area contributed by atoms with Gasteiger partial charge in [-0.1, -0.05) is 30.0 Å². The average molecular weight is 483 g/mol. The maximum atomic E-state index is 14.6. The van der Waals surface area contributed by atoms with Crippen molar-refractivity contribution >= 4 is 17.7 Å². The minimum absolute atomic E-state index is 0.111. The topological polar surface area (TPSA) is 83.8 Å². The number of rotatable bonds is 1. The second-order valence-electron chi connectivity index (χ2n) is 8.39. The molecule has 3 aliphatic heterocycles. The fourth-order valence-electron chi connectivity index (χ4n) is 4.87.